The maximum Gasteiger partial charge on any atom is 0.416 e. The molecule has 1 amide bonds. The quantitative estimate of drug-likeness (QED) is 0.547. The Morgan fingerprint density at radius 3 is 2.36 bits per heavy atom. The summed E-state index contributed by atoms with van der Waals surface area (Å²) in [6.07, 6.45) is -1.13. The summed E-state index contributed by atoms with van der Waals surface area (Å²) >= 11 is 0. The van der Waals surface area contributed by atoms with Gasteiger partial charge in [-0.15, -0.1) is 0 Å². The summed E-state index contributed by atoms with van der Waals surface area (Å²) in [7, 11) is -2.38. The molecule has 0 aliphatic rings. The predicted octanol–water partition coefficient (Wildman–Crippen LogP) is 4.29. The third kappa shape index (κ3) is 5.92. The minimum Gasteiger partial charge on any atom is -0.332 e. The summed E-state index contributed by atoms with van der Waals surface area (Å²) in [4.78, 5) is 14.5. The van der Waals surface area contributed by atoms with Gasteiger partial charge >= 0.3 is 6.18 Å². The third-order valence-corrected chi connectivity index (χ3v) is 6.25. The van der Waals surface area contributed by atoms with E-state index in [-0.39, 0.29) is 28.1 Å². The molecule has 1 N–H and O–H groups in total. The number of alkyl halides is 3. The van der Waals surface area contributed by atoms with Gasteiger partial charge in [-0.3, -0.25) is 14.2 Å². The van der Waals surface area contributed by atoms with Gasteiger partial charge in [0, 0.05) is 42.6 Å². The number of carbonyl (C=O) groups excluding carboxylic acids is 1. The van der Waals surface area contributed by atoms with Gasteiger partial charge in [-0.2, -0.15) is 18.3 Å². The molecule has 0 saturated carbocycles. The van der Waals surface area contributed by atoms with Crippen molar-refractivity contribution < 1.29 is 26.4 Å². The van der Waals surface area contributed by atoms with Crippen molar-refractivity contribution in [1.29, 1.82) is 0 Å². The summed E-state index contributed by atoms with van der Waals surface area (Å²) < 4.78 is 67.7. The molecule has 0 bridgehead atoms. The molecule has 0 saturated heterocycles. The highest BCUT2D eigenvalue weighted by molar-refractivity contribution is 7.92. The van der Waals surface area contributed by atoms with Crippen LogP contribution < -0.4 is 4.72 Å². The number of amides is 1. The third-order valence-electron chi connectivity index (χ3n) is 4.85. The lowest BCUT2D eigenvalue weighted by molar-refractivity contribution is -0.137. The lowest BCUT2D eigenvalue weighted by atomic mass is 10.1. The van der Waals surface area contributed by atoms with Gasteiger partial charge in [-0.1, -0.05) is 6.07 Å². The van der Waals surface area contributed by atoms with E-state index in [1.165, 1.54) is 30.3 Å². The number of rotatable bonds is 7. The Morgan fingerprint density at radius 2 is 1.82 bits per heavy atom. The molecule has 33 heavy (non-hydrogen) atoms. The van der Waals surface area contributed by atoms with Gasteiger partial charge in [-0.25, -0.2) is 8.42 Å². The maximum atomic E-state index is 13.0. The number of halogens is 3. The van der Waals surface area contributed by atoms with Crippen LogP contribution >= 0.6 is 0 Å². The molecule has 7 nitrogen and oxygen atoms in total. The van der Waals surface area contributed by atoms with Crippen LogP contribution in [0.2, 0.25) is 0 Å². The van der Waals surface area contributed by atoms with Crippen molar-refractivity contribution in [1.82, 2.24) is 14.7 Å². The molecule has 176 valence electrons. The van der Waals surface area contributed by atoms with Crippen molar-refractivity contribution in [3.05, 3.63) is 77.6 Å². The van der Waals surface area contributed by atoms with E-state index in [1.807, 2.05) is 13.8 Å². The van der Waals surface area contributed by atoms with Gasteiger partial charge in [0.25, 0.3) is 15.9 Å². The van der Waals surface area contributed by atoms with Crippen LogP contribution in [0.3, 0.4) is 0 Å². The molecule has 0 spiro atoms. The van der Waals surface area contributed by atoms with Gasteiger partial charge in [-0.05, 0) is 56.3 Å². The smallest absolute Gasteiger partial charge is 0.332 e. The molecule has 0 radical (unpaired) electrons. The van der Waals surface area contributed by atoms with Crippen molar-refractivity contribution in [2.24, 2.45) is 7.05 Å². The van der Waals surface area contributed by atoms with E-state index < -0.39 is 21.8 Å². The predicted molar refractivity (Wildman–Crippen MR) is 117 cm³/mol. The van der Waals surface area contributed by atoms with E-state index in [0.717, 1.165) is 17.7 Å². The second kappa shape index (κ2) is 9.26. The molecule has 0 aliphatic carbocycles. The van der Waals surface area contributed by atoms with Crippen molar-refractivity contribution >= 4 is 21.6 Å². The molecule has 2 aromatic carbocycles. The van der Waals surface area contributed by atoms with Crippen LogP contribution in [0.15, 0.2) is 65.8 Å². The number of hydrogen-bond donors (Lipinski definition) is 1. The molecule has 3 aromatic rings. The Bertz CT molecular complexity index is 1240. The average Bonchev–Trinajstić information content (AvgIpc) is 3.15. The van der Waals surface area contributed by atoms with Crippen LogP contribution in [0.1, 0.15) is 35.3 Å². The fraction of sp³-hybridized carbons (Fsp3) is 0.273. The SMILES string of the molecule is CC(C)N(Cc1cnn(C)c1)C(=O)c1ccc(S(=O)(=O)Nc2cccc(C(F)(F)F)c2)cc1. The topological polar surface area (TPSA) is 84.3 Å². The molecule has 0 unspecified atom stereocenters. The van der Waals surface area contributed by atoms with Crippen molar-refractivity contribution in [2.75, 3.05) is 4.72 Å². The first-order valence-electron chi connectivity index (χ1n) is 9.95. The van der Waals surface area contributed by atoms with E-state index in [4.69, 9.17) is 0 Å². The second-order valence-corrected chi connectivity index (χ2v) is 9.44. The zero-order valence-corrected chi connectivity index (χ0v) is 19.0. The first-order chi connectivity index (χ1) is 15.4. The van der Waals surface area contributed by atoms with Crippen molar-refractivity contribution in [3.63, 3.8) is 0 Å². The molecule has 3 rings (SSSR count). The van der Waals surface area contributed by atoms with Crippen molar-refractivity contribution in [2.45, 2.75) is 37.5 Å². The molecule has 1 heterocycles. The summed E-state index contributed by atoms with van der Waals surface area (Å²) in [5, 5.41) is 4.10. The van der Waals surface area contributed by atoms with Gasteiger partial charge in [0.1, 0.15) is 0 Å². The van der Waals surface area contributed by atoms with Crippen LogP contribution in [0.25, 0.3) is 0 Å². The molecular formula is C22H23F3N4O3S. The first-order valence-corrected chi connectivity index (χ1v) is 11.4. The molecular weight excluding hydrogens is 457 g/mol. The van der Waals surface area contributed by atoms with Gasteiger partial charge in [0.2, 0.25) is 0 Å². The highest BCUT2D eigenvalue weighted by Gasteiger charge is 2.30. The fourth-order valence-electron chi connectivity index (χ4n) is 3.15. The van der Waals surface area contributed by atoms with Crippen molar-refractivity contribution in [3.8, 4) is 0 Å². The number of hydrogen-bond acceptors (Lipinski definition) is 4. The van der Waals surface area contributed by atoms with E-state index >= 15 is 0 Å². The second-order valence-electron chi connectivity index (χ2n) is 7.76. The lowest BCUT2D eigenvalue weighted by Crippen LogP contribution is -2.36. The number of nitrogens with one attached hydrogen (secondary N) is 1. The minimum atomic E-state index is -4.60. The highest BCUT2D eigenvalue weighted by atomic mass is 32.2. The van der Waals surface area contributed by atoms with Crippen LogP contribution in [0.5, 0.6) is 0 Å². The van der Waals surface area contributed by atoms with Crippen LogP contribution in [0, 0.1) is 0 Å². The van der Waals surface area contributed by atoms with Gasteiger partial charge in [0.15, 0.2) is 0 Å². The molecule has 0 atom stereocenters. The summed E-state index contributed by atoms with van der Waals surface area (Å²) in [6.45, 7) is 4.07. The monoisotopic (exact) mass is 480 g/mol. The molecule has 0 aliphatic heterocycles. The first kappa shape index (κ1) is 24.3. The van der Waals surface area contributed by atoms with Gasteiger partial charge < -0.3 is 4.90 Å². The number of anilines is 1. The fourth-order valence-corrected chi connectivity index (χ4v) is 4.20. The van der Waals surface area contributed by atoms with Gasteiger partial charge in [0.05, 0.1) is 16.7 Å². The van der Waals surface area contributed by atoms with Crippen LogP contribution in [0.4, 0.5) is 18.9 Å². The standard InChI is InChI=1S/C22H23F3N4O3S/c1-15(2)29(14-16-12-26-28(3)13-16)21(30)17-7-9-20(10-8-17)33(31,32)27-19-6-4-5-18(11-19)22(23,24)25/h4-13,15,27H,14H2,1-3H3. The molecule has 1 aromatic heterocycles. The molecule has 11 heteroatoms. The Morgan fingerprint density at radius 1 is 1.15 bits per heavy atom. The number of benzene rings is 2. The molecule has 0 fully saturated rings. The Kier molecular flexibility index (Phi) is 6.82. The van der Waals surface area contributed by atoms with E-state index in [1.54, 1.807) is 29.0 Å². The maximum absolute atomic E-state index is 13.0. The minimum absolute atomic E-state index is 0.122. The summed E-state index contributed by atoms with van der Waals surface area (Å²) in [5.41, 5.74) is -0.0480. The largest absolute Gasteiger partial charge is 0.416 e. The van der Waals surface area contributed by atoms with Crippen LogP contribution in [-0.4, -0.2) is 35.0 Å². The van der Waals surface area contributed by atoms with E-state index in [2.05, 4.69) is 9.82 Å². The number of aryl methyl sites for hydroxylation is 1. The summed E-state index contributed by atoms with van der Waals surface area (Å²) in [5.74, 6) is -0.288. The number of carbonyl (C=O) groups is 1. The Balaban J connectivity index is 1.78. The van der Waals surface area contributed by atoms with Crippen LogP contribution in [-0.2, 0) is 29.8 Å². The highest BCUT2D eigenvalue weighted by Crippen LogP contribution is 2.31. The zero-order valence-electron chi connectivity index (χ0n) is 18.2. The zero-order chi connectivity index (χ0) is 24.4. The summed E-state index contributed by atoms with van der Waals surface area (Å²) in [6, 6.07) is 9.03. The average molecular weight is 481 g/mol. The van der Waals surface area contributed by atoms with E-state index in [0.29, 0.717) is 12.6 Å². The van der Waals surface area contributed by atoms with E-state index in [9.17, 15) is 26.4 Å². The Hall–Kier alpha value is -3.34. The lowest BCUT2D eigenvalue weighted by Gasteiger charge is -2.26. The Labute approximate surface area is 189 Å². The normalized spacial score (nSPS) is 12.1. The number of nitrogens with zero attached hydrogens (tertiary/aromatic N) is 3. The number of aromatic nitrogens is 2. The number of sulfonamides is 1.